The number of aromatic nitrogens is 4. The van der Waals surface area contributed by atoms with Crippen LogP contribution in [0.1, 0.15) is 30.0 Å². The van der Waals surface area contributed by atoms with Crippen LogP contribution in [0.3, 0.4) is 0 Å². The number of fused-ring (bicyclic) bond motifs is 1. The van der Waals surface area contributed by atoms with Gasteiger partial charge in [0.25, 0.3) is 0 Å². The van der Waals surface area contributed by atoms with Gasteiger partial charge in [-0.15, -0.1) is 10.2 Å². The van der Waals surface area contributed by atoms with Crippen LogP contribution in [0, 0.1) is 13.8 Å². The molecule has 6 heteroatoms. The highest BCUT2D eigenvalue weighted by Gasteiger charge is 2.22. The molecule has 2 aromatic heterocycles. The van der Waals surface area contributed by atoms with E-state index in [-0.39, 0.29) is 5.75 Å². The highest BCUT2D eigenvalue weighted by atomic mass is 16.3. The Labute approximate surface area is 147 Å². The van der Waals surface area contributed by atoms with E-state index in [9.17, 15) is 5.11 Å². The number of rotatable bonds is 2. The summed E-state index contributed by atoms with van der Waals surface area (Å²) in [5.41, 5.74) is 5.03. The zero-order chi connectivity index (χ0) is 17.6. The number of phenolic OH excluding ortho intramolecular Hbond substituents is 1. The molecule has 0 radical (unpaired) electrons. The number of benzene rings is 1. The molecule has 1 aliphatic heterocycles. The summed E-state index contributed by atoms with van der Waals surface area (Å²) in [4.78, 5) is 6.89. The molecule has 0 saturated carbocycles. The Hall–Kier alpha value is -2.47. The maximum atomic E-state index is 10.3. The Morgan fingerprint density at radius 2 is 2.00 bits per heavy atom. The van der Waals surface area contributed by atoms with Gasteiger partial charge in [0.2, 0.25) is 0 Å². The molecule has 4 rings (SSSR count). The van der Waals surface area contributed by atoms with Crippen LogP contribution in [-0.2, 0) is 0 Å². The van der Waals surface area contributed by atoms with Crippen LogP contribution >= 0.6 is 0 Å². The molecule has 0 unspecified atom stereocenters. The Bertz CT molecular complexity index is 910. The molecule has 1 atom stereocenters. The van der Waals surface area contributed by atoms with Crippen molar-refractivity contribution >= 4 is 11.2 Å². The van der Waals surface area contributed by atoms with Gasteiger partial charge in [-0.2, -0.15) is 0 Å². The summed E-state index contributed by atoms with van der Waals surface area (Å²) in [6.45, 7) is 6.09. The molecule has 1 fully saturated rings. The summed E-state index contributed by atoms with van der Waals surface area (Å²) in [7, 11) is 2.15. The third-order valence-corrected chi connectivity index (χ3v) is 5.03. The van der Waals surface area contributed by atoms with E-state index in [4.69, 9.17) is 0 Å². The zero-order valence-electron chi connectivity index (χ0n) is 14.9. The van der Waals surface area contributed by atoms with Crippen LogP contribution in [0.4, 0.5) is 0 Å². The number of phenols is 1. The fraction of sp³-hybridized carbons (Fsp3) is 0.421. The number of piperidine rings is 1. The minimum Gasteiger partial charge on any atom is -0.507 e. The van der Waals surface area contributed by atoms with Gasteiger partial charge in [-0.1, -0.05) is 6.07 Å². The first-order valence-corrected chi connectivity index (χ1v) is 8.72. The molecule has 3 aromatic rings. The van der Waals surface area contributed by atoms with Crippen LogP contribution in [0.25, 0.3) is 22.4 Å². The first-order valence-electron chi connectivity index (χ1n) is 8.72. The van der Waals surface area contributed by atoms with Gasteiger partial charge in [0.1, 0.15) is 11.3 Å². The average molecular weight is 337 g/mol. The smallest absolute Gasteiger partial charge is 0.182 e. The predicted molar refractivity (Wildman–Crippen MR) is 97.7 cm³/mol. The van der Waals surface area contributed by atoms with Crippen molar-refractivity contribution in [2.45, 2.75) is 32.7 Å². The molecule has 6 nitrogen and oxygen atoms in total. The number of nitrogens with zero attached hydrogens (tertiary/aromatic N) is 5. The standard InChI is InChI=1S/C19H23N5O/c1-12-7-13(2)18(17(25)8-12)15-9-16-19(22-21-15)24(11-20-16)14-5-4-6-23(3)10-14/h7-9,11,14,25H,4-6,10H2,1-3H3/t14-/m1/s1. The van der Waals surface area contributed by atoms with E-state index in [1.807, 2.05) is 32.3 Å². The molecule has 1 N–H and O–H groups in total. The molecular formula is C19H23N5O. The summed E-state index contributed by atoms with van der Waals surface area (Å²) in [6, 6.07) is 6.10. The number of hydrogen-bond acceptors (Lipinski definition) is 5. The normalized spacial score (nSPS) is 18.8. The minimum absolute atomic E-state index is 0.236. The van der Waals surface area contributed by atoms with E-state index in [2.05, 4.69) is 31.7 Å². The fourth-order valence-electron chi connectivity index (χ4n) is 3.87. The van der Waals surface area contributed by atoms with Crippen LogP contribution in [0.5, 0.6) is 5.75 Å². The van der Waals surface area contributed by atoms with Gasteiger partial charge in [0, 0.05) is 18.2 Å². The molecule has 0 amide bonds. The van der Waals surface area contributed by atoms with Crippen molar-refractivity contribution in [3.05, 3.63) is 35.7 Å². The Balaban J connectivity index is 1.76. The van der Waals surface area contributed by atoms with Crippen LogP contribution in [0.2, 0.25) is 0 Å². The van der Waals surface area contributed by atoms with Crippen LogP contribution < -0.4 is 0 Å². The van der Waals surface area contributed by atoms with E-state index < -0.39 is 0 Å². The fourth-order valence-corrected chi connectivity index (χ4v) is 3.87. The van der Waals surface area contributed by atoms with Crippen molar-refractivity contribution in [2.24, 2.45) is 0 Å². The molecule has 25 heavy (non-hydrogen) atoms. The molecule has 130 valence electrons. The largest absolute Gasteiger partial charge is 0.507 e. The predicted octanol–water partition coefficient (Wildman–Crippen LogP) is 3.08. The van der Waals surface area contributed by atoms with Crippen molar-refractivity contribution in [3.8, 4) is 17.0 Å². The number of hydrogen-bond donors (Lipinski definition) is 1. The summed E-state index contributed by atoms with van der Waals surface area (Å²) in [5.74, 6) is 0.236. The van der Waals surface area contributed by atoms with Crippen molar-refractivity contribution in [3.63, 3.8) is 0 Å². The second kappa shape index (κ2) is 6.11. The maximum Gasteiger partial charge on any atom is 0.182 e. The van der Waals surface area contributed by atoms with Gasteiger partial charge in [-0.3, -0.25) is 0 Å². The lowest BCUT2D eigenvalue weighted by molar-refractivity contribution is 0.214. The molecule has 0 aliphatic carbocycles. The second-order valence-electron chi connectivity index (χ2n) is 7.12. The quantitative estimate of drug-likeness (QED) is 0.778. The summed E-state index contributed by atoms with van der Waals surface area (Å²) < 4.78 is 2.14. The molecule has 3 heterocycles. The van der Waals surface area contributed by atoms with Gasteiger partial charge in [-0.25, -0.2) is 4.98 Å². The van der Waals surface area contributed by atoms with E-state index >= 15 is 0 Å². The summed E-state index contributed by atoms with van der Waals surface area (Å²) in [5, 5.41) is 19.2. The van der Waals surface area contributed by atoms with Crippen LogP contribution in [0.15, 0.2) is 24.5 Å². The van der Waals surface area contributed by atoms with E-state index in [1.165, 1.54) is 6.42 Å². The van der Waals surface area contributed by atoms with Gasteiger partial charge in [0.15, 0.2) is 5.65 Å². The number of likely N-dealkylation sites (N-methyl/N-ethyl adjacent to an activating group) is 1. The van der Waals surface area contributed by atoms with E-state index in [1.54, 1.807) is 6.07 Å². The number of imidazole rings is 1. The van der Waals surface area contributed by atoms with Crippen molar-refractivity contribution in [1.82, 2.24) is 24.6 Å². The molecule has 1 aliphatic rings. The molecular weight excluding hydrogens is 314 g/mol. The van der Waals surface area contributed by atoms with E-state index in [0.717, 1.165) is 47.4 Å². The summed E-state index contributed by atoms with van der Waals surface area (Å²) in [6.07, 6.45) is 4.19. The lowest BCUT2D eigenvalue weighted by Gasteiger charge is -2.30. The van der Waals surface area contributed by atoms with Gasteiger partial charge in [-0.05, 0) is 63.5 Å². The third-order valence-electron chi connectivity index (χ3n) is 5.03. The first-order chi connectivity index (χ1) is 12.0. The second-order valence-corrected chi connectivity index (χ2v) is 7.12. The molecule has 1 saturated heterocycles. The monoisotopic (exact) mass is 337 g/mol. The highest BCUT2D eigenvalue weighted by molar-refractivity contribution is 5.79. The minimum atomic E-state index is 0.236. The molecule has 0 bridgehead atoms. The Morgan fingerprint density at radius 1 is 1.16 bits per heavy atom. The van der Waals surface area contributed by atoms with E-state index in [0.29, 0.717) is 11.7 Å². The van der Waals surface area contributed by atoms with Crippen molar-refractivity contribution in [1.29, 1.82) is 0 Å². The Kier molecular flexibility index (Phi) is 3.92. The van der Waals surface area contributed by atoms with Crippen molar-refractivity contribution < 1.29 is 5.11 Å². The number of aromatic hydroxyl groups is 1. The Morgan fingerprint density at radius 3 is 2.76 bits per heavy atom. The van der Waals surface area contributed by atoms with Gasteiger partial charge in [0.05, 0.1) is 12.0 Å². The topological polar surface area (TPSA) is 67.1 Å². The van der Waals surface area contributed by atoms with Gasteiger partial charge >= 0.3 is 0 Å². The zero-order valence-corrected chi connectivity index (χ0v) is 14.9. The maximum absolute atomic E-state index is 10.3. The van der Waals surface area contributed by atoms with Crippen molar-refractivity contribution in [2.75, 3.05) is 20.1 Å². The van der Waals surface area contributed by atoms with Gasteiger partial charge < -0.3 is 14.6 Å². The highest BCUT2D eigenvalue weighted by Crippen LogP contribution is 2.33. The molecule has 1 aromatic carbocycles. The summed E-state index contributed by atoms with van der Waals surface area (Å²) >= 11 is 0. The molecule has 0 spiro atoms. The van der Waals surface area contributed by atoms with Crippen LogP contribution in [-0.4, -0.2) is 49.9 Å². The first kappa shape index (κ1) is 16.0. The SMILES string of the molecule is Cc1cc(C)c(-c2cc3ncn([C@@H]4CCCN(C)C4)c3nn2)c(O)c1. The lowest BCUT2D eigenvalue weighted by atomic mass is 10.0. The lowest BCUT2D eigenvalue weighted by Crippen LogP contribution is -2.33. The average Bonchev–Trinajstić information content (AvgIpc) is 2.97. The number of likely N-dealkylation sites (tertiary alicyclic amines) is 1. The number of aryl methyl sites for hydroxylation is 2. The third kappa shape index (κ3) is 2.87.